The number of nitrogens with zero attached hydrogens (tertiary/aromatic N) is 5. The lowest BCUT2D eigenvalue weighted by Gasteiger charge is -2.06. The van der Waals surface area contributed by atoms with Crippen LogP contribution in [0.15, 0.2) is 53.0 Å². The molecule has 0 aliphatic carbocycles. The van der Waals surface area contributed by atoms with Crippen LogP contribution >= 0.6 is 23.1 Å². The maximum atomic E-state index is 13.4. The minimum absolute atomic E-state index is 0.0725. The van der Waals surface area contributed by atoms with Crippen molar-refractivity contribution in [3.63, 3.8) is 0 Å². The van der Waals surface area contributed by atoms with Gasteiger partial charge in [0.25, 0.3) is 0 Å². The van der Waals surface area contributed by atoms with Crippen molar-refractivity contribution >= 4 is 34.1 Å². The van der Waals surface area contributed by atoms with E-state index in [0.29, 0.717) is 28.1 Å². The highest BCUT2D eigenvalue weighted by Crippen LogP contribution is 2.26. The average Bonchev–Trinajstić information content (AvgIpc) is 3.44. The van der Waals surface area contributed by atoms with E-state index in [-0.39, 0.29) is 11.7 Å². The van der Waals surface area contributed by atoms with Crippen LogP contribution in [0.25, 0.3) is 11.3 Å². The van der Waals surface area contributed by atoms with E-state index < -0.39 is 11.6 Å². The fourth-order valence-electron chi connectivity index (χ4n) is 2.71. The van der Waals surface area contributed by atoms with Crippen molar-refractivity contribution in [2.45, 2.75) is 11.7 Å². The topological polar surface area (TPSA) is 94.8 Å². The molecule has 8 nitrogen and oxygen atoms in total. The second-order valence-corrected chi connectivity index (χ2v) is 8.27. The Morgan fingerprint density at radius 2 is 2.00 bits per heavy atom. The predicted molar refractivity (Wildman–Crippen MR) is 117 cm³/mol. The molecule has 0 radical (unpaired) electrons. The number of methoxy groups -OCH3 is 1. The van der Waals surface area contributed by atoms with Gasteiger partial charge in [0.15, 0.2) is 16.8 Å². The molecule has 0 aliphatic rings. The minimum Gasteiger partial charge on any atom is -0.497 e. The van der Waals surface area contributed by atoms with E-state index in [4.69, 9.17) is 4.74 Å². The number of aromatic nitrogens is 5. The Bertz CT molecular complexity index is 1230. The van der Waals surface area contributed by atoms with Gasteiger partial charge in [-0.05, 0) is 46.3 Å². The van der Waals surface area contributed by atoms with Gasteiger partial charge in [-0.3, -0.25) is 4.79 Å². The van der Waals surface area contributed by atoms with Crippen LogP contribution < -0.4 is 10.1 Å². The fraction of sp³-hybridized carbons (Fsp3) is 0.150. The first-order chi connectivity index (χ1) is 15.5. The second kappa shape index (κ2) is 9.83. The second-order valence-electron chi connectivity index (χ2n) is 6.47. The van der Waals surface area contributed by atoms with Crippen molar-refractivity contribution in [1.82, 2.24) is 25.2 Å². The number of carbonyl (C=O) groups is 1. The van der Waals surface area contributed by atoms with Crippen LogP contribution in [0.2, 0.25) is 0 Å². The van der Waals surface area contributed by atoms with Crippen molar-refractivity contribution in [2.24, 2.45) is 0 Å². The Hall–Kier alpha value is -3.38. The third kappa shape index (κ3) is 5.26. The summed E-state index contributed by atoms with van der Waals surface area (Å²) in [6, 6.07) is 11.1. The summed E-state index contributed by atoms with van der Waals surface area (Å²) in [5.74, 6) is -1.34. The van der Waals surface area contributed by atoms with Crippen molar-refractivity contribution in [3.8, 4) is 17.0 Å². The minimum atomic E-state index is -0.954. The van der Waals surface area contributed by atoms with Gasteiger partial charge < -0.3 is 10.1 Å². The highest BCUT2D eigenvalue weighted by molar-refractivity contribution is 7.99. The number of hydrogen-bond donors (Lipinski definition) is 1. The molecule has 4 aromatic rings. The maximum Gasteiger partial charge on any atom is 0.236 e. The molecule has 0 bridgehead atoms. The maximum absolute atomic E-state index is 13.4. The van der Waals surface area contributed by atoms with Gasteiger partial charge in [-0.1, -0.05) is 23.9 Å². The normalized spacial score (nSPS) is 10.8. The number of halogens is 2. The summed E-state index contributed by atoms with van der Waals surface area (Å²) in [6.45, 7) is 0.449. The highest BCUT2D eigenvalue weighted by Gasteiger charge is 2.13. The number of nitrogens with one attached hydrogen (secondary N) is 1. The molecular weight excluding hydrogens is 458 g/mol. The zero-order chi connectivity index (χ0) is 22.5. The third-order valence-corrected chi connectivity index (χ3v) is 6.00. The van der Waals surface area contributed by atoms with Crippen LogP contribution in [0.3, 0.4) is 0 Å². The molecule has 32 heavy (non-hydrogen) atoms. The Morgan fingerprint density at radius 3 is 2.75 bits per heavy atom. The summed E-state index contributed by atoms with van der Waals surface area (Å²) in [5.41, 5.74) is 1.85. The number of rotatable bonds is 8. The summed E-state index contributed by atoms with van der Waals surface area (Å²) in [4.78, 5) is 16.6. The van der Waals surface area contributed by atoms with Gasteiger partial charge in [0, 0.05) is 10.9 Å². The molecule has 0 aliphatic heterocycles. The molecule has 0 atom stereocenters. The number of hydrogen-bond acceptors (Lipinski definition) is 8. The Balaban J connectivity index is 1.33. The summed E-state index contributed by atoms with van der Waals surface area (Å²) >= 11 is 2.38. The molecule has 0 fully saturated rings. The Morgan fingerprint density at radius 1 is 1.19 bits per heavy atom. The SMILES string of the molecule is COc1ccc(Cn2nnnc2SCC(=O)Nc2nc(-c3ccc(F)c(F)c3)cs2)cc1. The van der Waals surface area contributed by atoms with Crippen LogP contribution in [0.1, 0.15) is 5.56 Å². The van der Waals surface area contributed by atoms with Gasteiger partial charge in [-0.15, -0.1) is 16.4 Å². The molecule has 2 heterocycles. The van der Waals surface area contributed by atoms with Gasteiger partial charge >= 0.3 is 0 Å². The molecule has 2 aromatic heterocycles. The average molecular weight is 475 g/mol. The van der Waals surface area contributed by atoms with Crippen molar-refractivity contribution in [3.05, 3.63) is 65.0 Å². The number of thiazole rings is 1. The van der Waals surface area contributed by atoms with Gasteiger partial charge in [-0.25, -0.2) is 18.4 Å². The first kappa shape index (κ1) is 21.8. The standard InChI is InChI=1S/C20H16F2N6O2S2/c1-30-14-5-2-12(3-6-14)9-28-20(25-26-27-28)32-11-18(29)24-19-23-17(10-31-19)13-4-7-15(21)16(22)8-13/h2-8,10H,9,11H2,1H3,(H,23,24,29). The number of tetrazole rings is 1. The fourth-order valence-corrected chi connectivity index (χ4v) is 4.12. The summed E-state index contributed by atoms with van der Waals surface area (Å²) in [6.07, 6.45) is 0. The monoisotopic (exact) mass is 474 g/mol. The van der Waals surface area contributed by atoms with Crippen LogP contribution in [-0.2, 0) is 11.3 Å². The zero-order valence-corrected chi connectivity index (χ0v) is 18.3. The Kier molecular flexibility index (Phi) is 6.71. The first-order valence-corrected chi connectivity index (χ1v) is 11.1. The van der Waals surface area contributed by atoms with Crippen LogP contribution in [-0.4, -0.2) is 44.0 Å². The summed E-state index contributed by atoms with van der Waals surface area (Å²) in [7, 11) is 1.60. The Labute approximate surface area is 189 Å². The van der Waals surface area contributed by atoms with Crippen LogP contribution in [0.5, 0.6) is 5.75 Å². The van der Waals surface area contributed by atoms with Crippen LogP contribution in [0, 0.1) is 11.6 Å². The molecule has 0 saturated heterocycles. The van der Waals surface area contributed by atoms with E-state index in [2.05, 4.69) is 25.8 Å². The molecule has 1 amide bonds. The van der Waals surface area contributed by atoms with E-state index in [1.807, 2.05) is 24.3 Å². The van der Waals surface area contributed by atoms with E-state index in [9.17, 15) is 13.6 Å². The van der Waals surface area contributed by atoms with Gasteiger partial charge in [-0.2, -0.15) is 0 Å². The highest BCUT2D eigenvalue weighted by atomic mass is 32.2. The molecule has 4 rings (SSSR count). The van der Waals surface area contributed by atoms with E-state index in [1.54, 1.807) is 17.2 Å². The van der Waals surface area contributed by atoms with Crippen LogP contribution in [0.4, 0.5) is 13.9 Å². The molecule has 0 unspecified atom stereocenters. The largest absolute Gasteiger partial charge is 0.497 e. The molecule has 2 aromatic carbocycles. The predicted octanol–water partition coefficient (Wildman–Crippen LogP) is 3.86. The molecule has 164 valence electrons. The van der Waals surface area contributed by atoms with Crippen molar-refractivity contribution in [2.75, 3.05) is 18.2 Å². The first-order valence-electron chi connectivity index (χ1n) is 9.24. The number of ether oxygens (including phenoxy) is 1. The molecule has 1 N–H and O–H groups in total. The molecular formula is C20H16F2N6O2S2. The van der Waals surface area contributed by atoms with Crippen molar-refractivity contribution < 1.29 is 18.3 Å². The number of anilines is 1. The lowest BCUT2D eigenvalue weighted by molar-refractivity contribution is -0.113. The van der Waals surface area contributed by atoms with Gasteiger partial charge in [0.05, 0.1) is 25.1 Å². The number of amides is 1. The van der Waals surface area contributed by atoms with E-state index in [0.717, 1.165) is 23.4 Å². The van der Waals surface area contributed by atoms with E-state index >= 15 is 0 Å². The molecule has 0 saturated carbocycles. The molecule has 12 heteroatoms. The zero-order valence-electron chi connectivity index (χ0n) is 16.7. The van der Waals surface area contributed by atoms with Gasteiger partial charge in [0.1, 0.15) is 5.75 Å². The van der Waals surface area contributed by atoms with Crippen molar-refractivity contribution in [1.29, 1.82) is 0 Å². The quantitative estimate of drug-likeness (QED) is 0.388. The molecule has 0 spiro atoms. The number of carbonyl (C=O) groups excluding carboxylic acids is 1. The number of benzene rings is 2. The van der Waals surface area contributed by atoms with Gasteiger partial charge in [0.2, 0.25) is 11.1 Å². The lowest BCUT2D eigenvalue weighted by atomic mass is 10.2. The number of thioether (sulfide) groups is 1. The summed E-state index contributed by atoms with van der Waals surface area (Å²) in [5, 5.41) is 16.8. The van der Waals surface area contributed by atoms with E-state index in [1.165, 1.54) is 29.2 Å². The summed E-state index contributed by atoms with van der Waals surface area (Å²) < 4.78 is 33.3. The smallest absolute Gasteiger partial charge is 0.236 e. The lowest BCUT2D eigenvalue weighted by Crippen LogP contribution is -2.14. The third-order valence-electron chi connectivity index (χ3n) is 4.29.